The minimum Gasteiger partial charge on any atom is -0.490 e. The van der Waals surface area contributed by atoms with Gasteiger partial charge in [-0.15, -0.1) is 0 Å². The lowest BCUT2D eigenvalue weighted by Gasteiger charge is -2.11. The van der Waals surface area contributed by atoms with Gasteiger partial charge in [-0.05, 0) is 43.2 Å². The van der Waals surface area contributed by atoms with E-state index in [9.17, 15) is 0 Å². The molecule has 3 rings (SSSR count). The summed E-state index contributed by atoms with van der Waals surface area (Å²) in [7, 11) is 0. The van der Waals surface area contributed by atoms with Crippen molar-refractivity contribution in [3.05, 3.63) is 47.3 Å². The lowest BCUT2D eigenvalue weighted by atomic mass is 10.1. The number of rotatable bonds is 3. The number of anilines is 1. The number of hydrogen-bond acceptors (Lipinski definition) is 4. The summed E-state index contributed by atoms with van der Waals surface area (Å²) in [5.41, 5.74) is 10.0. The van der Waals surface area contributed by atoms with Crippen molar-refractivity contribution < 1.29 is 9.47 Å². The van der Waals surface area contributed by atoms with Gasteiger partial charge in [-0.3, -0.25) is 4.98 Å². The maximum atomic E-state index is 5.99. The zero-order valence-corrected chi connectivity index (χ0v) is 14.0. The summed E-state index contributed by atoms with van der Waals surface area (Å²) in [5, 5.41) is 3.09. The first-order valence-electron chi connectivity index (χ1n) is 8.00. The van der Waals surface area contributed by atoms with Gasteiger partial charge in [0.2, 0.25) is 0 Å². The average molecular weight is 326 g/mol. The molecule has 1 aromatic heterocycles. The van der Waals surface area contributed by atoms with Gasteiger partial charge >= 0.3 is 0 Å². The van der Waals surface area contributed by atoms with E-state index in [1.807, 2.05) is 44.3 Å². The summed E-state index contributed by atoms with van der Waals surface area (Å²) in [5.74, 6) is 1.84. The number of guanidine groups is 1. The minimum absolute atomic E-state index is 0.351. The summed E-state index contributed by atoms with van der Waals surface area (Å²) >= 11 is 0. The van der Waals surface area contributed by atoms with Gasteiger partial charge in [0.15, 0.2) is 17.5 Å². The summed E-state index contributed by atoms with van der Waals surface area (Å²) in [4.78, 5) is 8.68. The van der Waals surface area contributed by atoms with Crippen LogP contribution in [0.2, 0.25) is 0 Å². The third-order valence-electron chi connectivity index (χ3n) is 3.80. The summed E-state index contributed by atoms with van der Waals surface area (Å²) in [6.45, 7) is 5.84. The van der Waals surface area contributed by atoms with E-state index in [0.29, 0.717) is 25.7 Å². The second-order valence-electron chi connectivity index (χ2n) is 5.79. The number of fused-ring (bicyclic) bond motifs is 1. The van der Waals surface area contributed by atoms with Gasteiger partial charge in [-0.25, -0.2) is 4.99 Å². The molecule has 2 heterocycles. The number of nitrogens with one attached hydrogen (secondary N) is 1. The lowest BCUT2D eigenvalue weighted by Crippen LogP contribution is -2.22. The lowest BCUT2D eigenvalue weighted by molar-refractivity contribution is 0.297. The van der Waals surface area contributed by atoms with Crippen molar-refractivity contribution in [2.75, 3.05) is 18.5 Å². The van der Waals surface area contributed by atoms with E-state index in [2.05, 4.69) is 15.3 Å². The maximum Gasteiger partial charge on any atom is 0.193 e. The molecule has 0 bridgehead atoms. The first-order valence-corrected chi connectivity index (χ1v) is 8.00. The fourth-order valence-electron chi connectivity index (χ4n) is 2.49. The standard InChI is InChI=1S/C18H22N4O2/c1-12-8-13(2)20-10-14(12)11-21-18(19)22-15-4-5-16-17(9-15)24-7-3-6-23-16/h4-5,8-10H,3,6-7,11H2,1-2H3,(H3,19,21,22). The van der Waals surface area contributed by atoms with Crippen molar-refractivity contribution >= 4 is 11.6 Å². The molecule has 2 aromatic rings. The van der Waals surface area contributed by atoms with Crippen molar-refractivity contribution in [1.82, 2.24) is 4.98 Å². The molecule has 0 spiro atoms. The van der Waals surface area contributed by atoms with Crippen molar-refractivity contribution in [2.45, 2.75) is 26.8 Å². The Morgan fingerprint density at radius 3 is 2.79 bits per heavy atom. The zero-order chi connectivity index (χ0) is 16.9. The van der Waals surface area contributed by atoms with Gasteiger partial charge in [0, 0.05) is 30.1 Å². The predicted octanol–water partition coefficient (Wildman–Crippen LogP) is 2.79. The Bertz CT molecular complexity index is 759. The highest BCUT2D eigenvalue weighted by molar-refractivity contribution is 5.92. The fraction of sp³-hybridized carbons (Fsp3) is 0.333. The van der Waals surface area contributed by atoms with E-state index in [1.54, 1.807) is 0 Å². The molecule has 6 nitrogen and oxygen atoms in total. The number of nitrogens with two attached hydrogens (primary N) is 1. The summed E-state index contributed by atoms with van der Waals surface area (Å²) < 4.78 is 11.3. The molecule has 0 amide bonds. The van der Waals surface area contributed by atoms with Crippen molar-refractivity contribution in [3.63, 3.8) is 0 Å². The number of benzene rings is 1. The number of hydrogen-bond donors (Lipinski definition) is 2. The first-order chi connectivity index (χ1) is 11.6. The number of aliphatic imine (C=N–C) groups is 1. The van der Waals surface area contributed by atoms with Crippen molar-refractivity contribution in [3.8, 4) is 11.5 Å². The van der Waals surface area contributed by atoms with E-state index in [-0.39, 0.29) is 0 Å². The molecular weight excluding hydrogens is 304 g/mol. The first kappa shape index (κ1) is 16.1. The molecule has 0 saturated heterocycles. The molecule has 1 aliphatic heterocycles. The van der Waals surface area contributed by atoms with Crippen LogP contribution in [0.4, 0.5) is 5.69 Å². The number of ether oxygens (including phenoxy) is 2. The smallest absolute Gasteiger partial charge is 0.193 e. The molecule has 0 fully saturated rings. The van der Waals surface area contributed by atoms with Crippen LogP contribution in [-0.4, -0.2) is 24.2 Å². The van der Waals surface area contributed by atoms with Gasteiger partial charge in [0.1, 0.15) is 0 Å². The minimum atomic E-state index is 0.351. The Balaban J connectivity index is 1.67. The molecule has 24 heavy (non-hydrogen) atoms. The van der Waals surface area contributed by atoms with E-state index in [1.165, 1.54) is 0 Å². The van der Waals surface area contributed by atoms with Gasteiger partial charge in [-0.2, -0.15) is 0 Å². The molecular formula is C18H22N4O2. The molecule has 0 aliphatic carbocycles. The van der Waals surface area contributed by atoms with Crippen LogP contribution in [0.5, 0.6) is 11.5 Å². The Labute approximate surface area is 141 Å². The third kappa shape index (κ3) is 3.95. The van der Waals surface area contributed by atoms with Crippen LogP contribution in [0.25, 0.3) is 0 Å². The van der Waals surface area contributed by atoms with Crippen LogP contribution in [0.1, 0.15) is 23.2 Å². The summed E-state index contributed by atoms with van der Waals surface area (Å²) in [6, 6.07) is 7.69. The van der Waals surface area contributed by atoms with E-state index < -0.39 is 0 Å². The Kier molecular flexibility index (Phi) is 4.84. The fourth-order valence-corrected chi connectivity index (χ4v) is 2.49. The monoisotopic (exact) mass is 326 g/mol. The van der Waals surface area contributed by atoms with E-state index in [0.717, 1.165) is 40.4 Å². The summed E-state index contributed by atoms with van der Waals surface area (Å²) in [6.07, 6.45) is 2.72. The van der Waals surface area contributed by atoms with Crippen LogP contribution in [-0.2, 0) is 6.54 Å². The highest BCUT2D eigenvalue weighted by atomic mass is 16.5. The van der Waals surface area contributed by atoms with Crippen molar-refractivity contribution in [1.29, 1.82) is 0 Å². The average Bonchev–Trinajstić information content (AvgIpc) is 2.79. The van der Waals surface area contributed by atoms with Gasteiger partial charge < -0.3 is 20.5 Å². The second-order valence-corrected chi connectivity index (χ2v) is 5.79. The predicted molar refractivity (Wildman–Crippen MR) is 94.7 cm³/mol. The molecule has 0 unspecified atom stereocenters. The third-order valence-corrected chi connectivity index (χ3v) is 3.80. The Hall–Kier alpha value is -2.76. The normalized spacial score (nSPS) is 14.2. The van der Waals surface area contributed by atoms with Crippen LogP contribution in [0.15, 0.2) is 35.5 Å². The molecule has 1 aromatic carbocycles. The van der Waals surface area contributed by atoms with Crippen LogP contribution in [0, 0.1) is 13.8 Å². The van der Waals surface area contributed by atoms with E-state index in [4.69, 9.17) is 15.2 Å². The highest BCUT2D eigenvalue weighted by Crippen LogP contribution is 2.32. The van der Waals surface area contributed by atoms with Gasteiger partial charge in [0.25, 0.3) is 0 Å². The number of aryl methyl sites for hydroxylation is 2. The second kappa shape index (κ2) is 7.21. The van der Waals surface area contributed by atoms with Crippen LogP contribution in [0.3, 0.4) is 0 Å². The topological polar surface area (TPSA) is 81.8 Å². The van der Waals surface area contributed by atoms with Crippen LogP contribution < -0.4 is 20.5 Å². The SMILES string of the molecule is Cc1cc(C)c(CN=C(N)Nc2ccc3c(c2)OCCCO3)cn1. The largest absolute Gasteiger partial charge is 0.490 e. The van der Waals surface area contributed by atoms with Gasteiger partial charge in [-0.1, -0.05) is 0 Å². The van der Waals surface area contributed by atoms with Crippen molar-refractivity contribution in [2.24, 2.45) is 10.7 Å². The van der Waals surface area contributed by atoms with E-state index >= 15 is 0 Å². The number of nitrogens with zero attached hydrogens (tertiary/aromatic N) is 2. The quantitative estimate of drug-likeness (QED) is 0.669. The Morgan fingerprint density at radius 1 is 1.21 bits per heavy atom. The zero-order valence-electron chi connectivity index (χ0n) is 14.0. The maximum absolute atomic E-state index is 5.99. The molecule has 0 radical (unpaired) electrons. The number of pyridine rings is 1. The molecule has 3 N–H and O–H groups in total. The molecule has 0 atom stereocenters. The molecule has 6 heteroatoms. The number of aromatic nitrogens is 1. The molecule has 126 valence electrons. The molecule has 1 aliphatic rings. The van der Waals surface area contributed by atoms with Crippen LogP contribution >= 0.6 is 0 Å². The Morgan fingerprint density at radius 2 is 2.00 bits per heavy atom. The molecule has 0 saturated carbocycles. The highest BCUT2D eigenvalue weighted by Gasteiger charge is 2.10. The van der Waals surface area contributed by atoms with Gasteiger partial charge in [0.05, 0.1) is 19.8 Å².